The van der Waals surface area contributed by atoms with E-state index < -0.39 is 0 Å². The maximum atomic E-state index is 12.7. The molecule has 3 heterocycles. The number of carbonyl (C=O) groups excluding carboxylic acids is 1. The Balaban J connectivity index is 1.40. The zero-order valence-corrected chi connectivity index (χ0v) is 16.0. The smallest absolute Gasteiger partial charge is 0.314 e. The Morgan fingerprint density at radius 3 is 2.96 bits per heavy atom. The summed E-state index contributed by atoms with van der Waals surface area (Å²) < 4.78 is 1.74. The van der Waals surface area contributed by atoms with E-state index in [1.165, 1.54) is 6.33 Å². The fourth-order valence-corrected chi connectivity index (χ4v) is 3.25. The number of hydrogen-bond donors (Lipinski definition) is 1. The second-order valence-corrected chi connectivity index (χ2v) is 7.44. The van der Waals surface area contributed by atoms with Gasteiger partial charge in [-0.1, -0.05) is 26.0 Å². The van der Waals surface area contributed by atoms with Crippen molar-refractivity contribution in [2.45, 2.75) is 39.9 Å². The molecule has 4 rings (SSSR count). The van der Waals surface area contributed by atoms with Gasteiger partial charge in [0, 0.05) is 23.9 Å². The van der Waals surface area contributed by atoms with Gasteiger partial charge < -0.3 is 10.2 Å². The zero-order chi connectivity index (χ0) is 19.5. The molecule has 1 aliphatic rings. The van der Waals surface area contributed by atoms with Gasteiger partial charge in [0.1, 0.15) is 18.5 Å². The Labute approximate surface area is 163 Å². The number of anilines is 1. The molecule has 0 saturated heterocycles. The Morgan fingerprint density at radius 1 is 1.29 bits per heavy atom. The predicted molar refractivity (Wildman–Crippen MR) is 104 cm³/mol. The summed E-state index contributed by atoms with van der Waals surface area (Å²) in [7, 11) is 0. The highest BCUT2D eigenvalue weighted by Gasteiger charge is 2.25. The number of aromatic nitrogens is 5. The van der Waals surface area contributed by atoms with E-state index in [0.29, 0.717) is 25.6 Å². The third-order valence-corrected chi connectivity index (χ3v) is 4.57. The highest BCUT2D eigenvalue weighted by molar-refractivity contribution is 5.89. The molecule has 0 spiro atoms. The second kappa shape index (κ2) is 7.75. The van der Waals surface area contributed by atoms with E-state index in [1.54, 1.807) is 15.9 Å². The van der Waals surface area contributed by atoms with E-state index in [1.807, 2.05) is 30.5 Å². The molecule has 0 unspecified atom stereocenters. The third kappa shape index (κ3) is 4.16. The highest BCUT2D eigenvalue weighted by atomic mass is 16.2. The number of fused-ring (bicyclic) bond motifs is 1. The van der Waals surface area contributed by atoms with E-state index in [-0.39, 0.29) is 6.03 Å². The van der Waals surface area contributed by atoms with E-state index in [9.17, 15) is 4.79 Å². The van der Waals surface area contributed by atoms with Gasteiger partial charge in [0.05, 0.1) is 25.3 Å². The summed E-state index contributed by atoms with van der Waals surface area (Å²) in [5.41, 5.74) is 3.76. The minimum atomic E-state index is -0.138. The largest absolute Gasteiger partial charge is 0.322 e. The molecule has 2 aromatic heterocycles. The van der Waals surface area contributed by atoms with Gasteiger partial charge in [-0.15, -0.1) is 0 Å². The van der Waals surface area contributed by atoms with Crippen molar-refractivity contribution in [3.8, 4) is 0 Å². The van der Waals surface area contributed by atoms with E-state index in [2.05, 4.69) is 39.2 Å². The van der Waals surface area contributed by atoms with E-state index >= 15 is 0 Å². The van der Waals surface area contributed by atoms with Crippen LogP contribution in [-0.2, 0) is 26.1 Å². The summed E-state index contributed by atoms with van der Waals surface area (Å²) in [6, 6.07) is 7.61. The number of amides is 2. The molecule has 8 heteroatoms. The first-order chi connectivity index (χ1) is 13.6. The average molecular weight is 377 g/mol. The molecule has 0 atom stereocenters. The molecule has 8 nitrogen and oxygen atoms in total. The molecule has 144 valence electrons. The van der Waals surface area contributed by atoms with Crippen molar-refractivity contribution in [1.29, 1.82) is 0 Å². The molecule has 0 aliphatic carbocycles. The van der Waals surface area contributed by atoms with Crippen LogP contribution in [-0.4, -0.2) is 35.7 Å². The second-order valence-electron chi connectivity index (χ2n) is 7.44. The van der Waals surface area contributed by atoms with Crippen molar-refractivity contribution < 1.29 is 4.79 Å². The van der Waals surface area contributed by atoms with Crippen molar-refractivity contribution in [1.82, 2.24) is 29.6 Å². The maximum Gasteiger partial charge on any atom is 0.322 e. The molecule has 1 N–H and O–H groups in total. The molecule has 2 amide bonds. The summed E-state index contributed by atoms with van der Waals surface area (Å²) >= 11 is 0. The average Bonchev–Trinajstić information content (AvgIpc) is 3.30. The van der Waals surface area contributed by atoms with Gasteiger partial charge in [0.2, 0.25) is 0 Å². The molecule has 28 heavy (non-hydrogen) atoms. The van der Waals surface area contributed by atoms with Crippen molar-refractivity contribution in [2.75, 3.05) is 5.32 Å². The fourth-order valence-electron chi connectivity index (χ4n) is 3.25. The lowest BCUT2D eigenvalue weighted by atomic mass is 10.1. The summed E-state index contributed by atoms with van der Waals surface area (Å²) in [5, 5.41) is 7.09. The maximum absolute atomic E-state index is 12.7. The summed E-state index contributed by atoms with van der Waals surface area (Å²) in [6.45, 7) is 5.93. The molecular formula is C20H23N7O. The van der Waals surface area contributed by atoms with Gasteiger partial charge in [0.15, 0.2) is 0 Å². The molecule has 3 aromatic rings. The normalized spacial score (nSPS) is 13.0. The first kappa shape index (κ1) is 18.1. The Kier molecular flexibility index (Phi) is 5.01. The SMILES string of the molecule is CC(C)Cc1ncc2c(n1)CN(C(=O)Nc1cccc(Cn3cncn3)c1)C2. The fraction of sp³-hybridized carbons (Fsp3) is 0.350. The van der Waals surface area contributed by atoms with Crippen LogP contribution in [0, 0.1) is 5.92 Å². The van der Waals surface area contributed by atoms with Crippen molar-refractivity contribution in [3.63, 3.8) is 0 Å². The van der Waals surface area contributed by atoms with Crippen LogP contribution in [0.1, 0.15) is 36.5 Å². The Bertz CT molecular complexity index is 968. The van der Waals surface area contributed by atoms with Crippen LogP contribution in [0.3, 0.4) is 0 Å². The third-order valence-electron chi connectivity index (χ3n) is 4.57. The molecule has 0 bridgehead atoms. The minimum absolute atomic E-state index is 0.138. The van der Waals surface area contributed by atoms with Gasteiger partial charge in [-0.2, -0.15) is 5.10 Å². The summed E-state index contributed by atoms with van der Waals surface area (Å²) in [6.07, 6.45) is 5.87. The first-order valence-corrected chi connectivity index (χ1v) is 9.38. The lowest BCUT2D eigenvalue weighted by molar-refractivity contribution is 0.212. The topological polar surface area (TPSA) is 88.8 Å². The molecular weight excluding hydrogens is 354 g/mol. The first-order valence-electron chi connectivity index (χ1n) is 9.38. The number of carbonyl (C=O) groups is 1. The van der Waals surface area contributed by atoms with Crippen LogP contribution in [0.5, 0.6) is 0 Å². The van der Waals surface area contributed by atoms with Crippen LogP contribution in [0.4, 0.5) is 10.5 Å². The standard InChI is InChI=1S/C20H23N7O/c1-14(2)6-19-22-8-16-10-26(11-18(16)25-19)20(28)24-17-5-3-4-15(7-17)9-27-13-21-12-23-27/h3-5,7-8,12-14H,6,9-11H2,1-2H3,(H,24,28). The Hall–Kier alpha value is -3.29. The van der Waals surface area contributed by atoms with Gasteiger partial charge in [-0.05, 0) is 23.6 Å². The minimum Gasteiger partial charge on any atom is -0.314 e. The molecule has 0 saturated carbocycles. The van der Waals surface area contributed by atoms with Gasteiger partial charge in [-0.25, -0.2) is 24.4 Å². The molecule has 1 aliphatic heterocycles. The predicted octanol–water partition coefficient (Wildman–Crippen LogP) is 2.86. The quantitative estimate of drug-likeness (QED) is 0.738. The monoisotopic (exact) mass is 377 g/mol. The number of hydrogen-bond acceptors (Lipinski definition) is 5. The van der Waals surface area contributed by atoms with Gasteiger partial charge in [0.25, 0.3) is 0 Å². The number of benzene rings is 1. The number of nitrogens with zero attached hydrogens (tertiary/aromatic N) is 6. The number of rotatable bonds is 5. The summed E-state index contributed by atoms with van der Waals surface area (Å²) in [5.74, 6) is 1.35. The lowest BCUT2D eigenvalue weighted by Crippen LogP contribution is -2.30. The lowest BCUT2D eigenvalue weighted by Gasteiger charge is -2.16. The van der Waals surface area contributed by atoms with Crippen LogP contribution >= 0.6 is 0 Å². The van der Waals surface area contributed by atoms with E-state index in [4.69, 9.17) is 0 Å². The van der Waals surface area contributed by atoms with Gasteiger partial charge >= 0.3 is 6.03 Å². The van der Waals surface area contributed by atoms with Crippen LogP contribution in [0.2, 0.25) is 0 Å². The Morgan fingerprint density at radius 2 is 2.18 bits per heavy atom. The molecule has 0 radical (unpaired) electrons. The molecule has 1 aromatic carbocycles. The zero-order valence-electron chi connectivity index (χ0n) is 16.0. The van der Waals surface area contributed by atoms with Crippen LogP contribution < -0.4 is 5.32 Å². The summed E-state index contributed by atoms with van der Waals surface area (Å²) in [4.78, 5) is 27.5. The van der Waals surface area contributed by atoms with Crippen molar-refractivity contribution in [3.05, 3.63) is 65.8 Å². The molecule has 0 fully saturated rings. The van der Waals surface area contributed by atoms with Crippen molar-refractivity contribution in [2.24, 2.45) is 5.92 Å². The van der Waals surface area contributed by atoms with Crippen LogP contribution in [0.25, 0.3) is 0 Å². The van der Waals surface area contributed by atoms with Gasteiger partial charge in [-0.3, -0.25) is 0 Å². The van der Waals surface area contributed by atoms with E-state index in [0.717, 1.165) is 34.8 Å². The van der Waals surface area contributed by atoms with Crippen LogP contribution in [0.15, 0.2) is 43.1 Å². The number of urea groups is 1. The van der Waals surface area contributed by atoms with Crippen molar-refractivity contribution >= 4 is 11.7 Å². The highest BCUT2D eigenvalue weighted by Crippen LogP contribution is 2.22. The number of nitrogens with one attached hydrogen (secondary N) is 1.